The third-order valence-corrected chi connectivity index (χ3v) is 3.65. The van der Waals surface area contributed by atoms with Crippen LogP contribution in [0, 0.1) is 0 Å². The first-order chi connectivity index (χ1) is 9.06. The molecule has 0 heterocycles. The fraction of sp³-hybridized carbons (Fsp3) is 0.250. The van der Waals surface area contributed by atoms with Crippen molar-refractivity contribution in [2.24, 2.45) is 5.73 Å². The minimum absolute atomic E-state index is 0.226. The summed E-state index contributed by atoms with van der Waals surface area (Å²) >= 11 is 0. The van der Waals surface area contributed by atoms with Crippen molar-refractivity contribution in [3.63, 3.8) is 0 Å². The molecule has 0 bridgehead atoms. The van der Waals surface area contributed by atoms with Crippen LogP contribution in [0.1, 0.15) is 24.5 Å². The van der Waals surface area contributed by atoms with Crippen LogP contribution in [-0.4, -0.2) is 16.8 Å². The van der Waals surface area contributed by atoms with Crippen LogP contribution in [0.15, 0.2) is 48.5 Å². The van der Waals surface area contributed by atoms with E-state index < -0.39 is 0 Å². The lowest BCUT2D eigenvalue weighted by Gasteiger charge is -2.30. The molecule has 0 aliphatic carbocycles. The number of phenolic OH excluding ortho intramolecular Hbond substituents is 2. The van der Waals surface area contributed by atoms with E-state index in [0.29, 0.717) is 6.54 Å². The SMILES string of the molecule is CC(CCN)(c1ccc(O)cc1)c1ccc(O)cc1. The minimum Gasteiger partial charge on any atom is -0.508 e. The van der Waals surface area contributed by atoms with Crippen molar-refractivity contribution < 1.29 is 10.2 Å². The zero-order valence-electron chi connectivity index (χ0n) is 11.0. The molecule has 4 N–H and O–H groups in total. The van der Waals surface area contributed by atoms with Gasteiger partial charge in [-0.2, -0.15) is 0 Å². The van der Waals surface area contributed by atoms with E-state index in [1.165, 1.54) is 0 Å². The van der Waals surface area contributed by atoms with E-state index in [9.17, 15) is 10.2 Å². The van der Waals surface area contributed by atoms with Crippen molar-refractivity contribution in [1.82, 2.24) is 0 Å². The zero-order chi connectivity index (χ0) is 13.9. The number of hydrogen-bond donors (Lipinski definition) is 3. The van der Waals surface area contributed by atoms with Crippen LogP contribution in [0.25, 0.3) is 0 Å². The van der Waals surface area contributed by atoms with E-state index in [1.807, 2.05) is 24.3 Å². The zero-order valence-corrected chi connectivity index (χ0v) is 11.0. The summed E-state index contributed by atoms with van der Waals surface area (Å²) in [5.74, 6) is 0.508. The molecule has 2 rings (SSSR count). The van der Waals surface area contributed by atoms with Gasteiger partial charge in [0.2, 0.25) is 0 Å². The summed E-state index contributed by atoms with van der Waals surface area (Å²) in [7, 11) is 0. The van der Waals surface area contributed by atoms with Crippen molar-refractivity contribution in [1.29, 1.82) is 0 Å². The summed E-state index contributed by atoms with van der Waals surface area (Å²) in [5, 5.41) is 18.8. The van der Waals surface area contributed by atoms with Crippen molar-refractivity contribution in [3.8, 4) is 11.5 Å². The lowest BCUT2D eigenvalue weighted by Crippen LogP contribution is -2.27. The van der Waals surface area contributed by atoms with E-state index in [0.717, 1.165) is 17.5 Å². The summed E-state index contributed by atoms with van der Waals surface area (Å²) in [6.45, 7) is 2.69. The van der Waals surface area contributed by atoms with E-state index in [-0.39, 0.29) is 16.9 Å². The number of aromatic hydroxyl groups is 2. The highest BCUT2D eigenvalue weighted by Gasteiger charge is 2.28. The van der Waals surface area contributed by atoms with E-state index in [4.69, 9.17) is 5.73 Å². The Bertz CT molecular complexity index is 486. The van der Waals surface area contributed by atoms with Crippen molar-refractivity contribution >= 4 is 0 Å². The highest BCUT2D eigenvalue weighted by Crippen LogP contribution is 2.36. The molecule has 2 aromatic carbocycles. The fourth-order valence-corrected chi connectivity index (χ4v) is 2.40. The molecular weight excluding hydrogens is 238 g/mol. The van der Waals surface area contributed by atoms with Crippen LogP contribution >= 0.6 is 0 Å². The third kappa shape index (κ3) is 2.71. The van der Waals surface area contributed by atoms with Crippen LogP contribution < -0.4 is 5.73 Å². The normalized spacial score (nSPS) is 11.5. The van der Waals surface area contributed by atoms with Crippen LogP contribution in [0.5, 0.6) is 11.5 Å². The molecule has 2 aromatic rings. The first-order valence-electron chi connectivity index (χ1n) is 6.35. The van der Waals surface area contributed by atoms with Gasteiger partial charge in [-0.25, -0.2) is 0 Å². The second-order valence-electron chi connectivity index (χ2n) is 4.96. The number of hydrogen-bond acceptors (Lipinski definition) is 3. The molecular formula is C16H19NO2. The summed E-state index contributed by atoms with van der Waals surface area (Å²) < 4.78 is 0. The molecule has 0 atom stereocenters. The number of phenols is 2. The Morgan fingerprint density at radius 1 is 0.842 bits per heavy atom. The second-order valence-corrected chi connectivity index (χ2v) is 4.96. The first kappa shape index (κ1) is 13.4. The van der Waals surface area contributed by atoms with Gasteiger partial charge in [0.1, 0.15) is 11.5 Å². The Hall–Kier alpha value is -2.00. The molecule has 0 aliphatic rings. The third-order valence-electron chi connectivity index (χ3n) is 3.65. The topological polar surface area (TPSA) is 66.5 Å². The van der Waals surface area contributed by atoms with E-state index >= 15 is 0 Å². The predicted molar refractivity (Wildman–Crippen MR) is 76.3 cm³/mol. The molecule has 0 spiro atoms. The van der Waals surface area contributed by atoms with Crippen molar-refractivity contribution in [2.75, 3.05) is 6.54 Å². The molecule has 100 valence electrons. The smallest absolute Gasteiger partial charge is 0.115 e. The quantitative estimate of drug-likeness (QED) is 0.789. The molecule has 19 heavy (non-hydrogen) atoms. The van der Waals surface area contributed by atoms with Gasteiger partial charge < -0.3 is 15.9 Å². The fourth-order valence-electron chi connectivity index (χ4n) is 2.40. The molecule has 0 radical (unpaired) electrons. The average Bonchev–Trinajstić information content (AvgIpc) is 2.40. The maximum atomic E-state index is 9.40. The number of nitrogens with two attached hydrogens (primary N) is 1. The largest absolute Gasteiger partial charge is 0.508 e. The Labute approximate surface area is 113 Å². The highest BCUT2D eigenvalue weighted by atomic mass is 16.3. The van der Waals surface area contributed by atoms with Gasteiger partial charge in [-0.1, -0.05) is 31.2 Å². The summed E-state index contributed by atoms with van der Waals surface area (Å²) in [6.07, 6.45) is 0.794. The molecule has 3 heteroatoms. The Morgan fingerprint density at radius 2 is 1.21 bits per heavy atom. The van der Waals surface area contributed by atoms with Gasteiger partial charge in [0.05, 0.1) is 0 Å². The summed E-state index contributed by atoms with van der Waals surface area (Å²) in [5.41, 5.74) is 7.72. The van der Waals surface area contributed by atoms with Crippen LogP contribution in [0.4, 0.5) is 0 Å². The van der Waals surface area contributed by atoms with Gasteiger partial charge in [-0.15, -0.1) is 0 Å². The molecule has 3 nitrogen and oxygen atoms in total. The van der Waals surface area contributed by atoms with Gasteiger partial charge in [-0.3, -0.25) is 0 Å². The Morgan fingerprint density at radius 3 is 1.53 bits per heavy atom. The monoisotopic (exact) mass is 257 g/mol. The Kier molecular flexibility index (Phi) is 3.76. The highest BCUT2D eigenvalue weighted by molar-refractivity contribution is 5.42. The van der Waals surface area contributed by atoms with Gasteiger partial charge >= 0.3 is 0 Å². The maximum Gasteiger partial charge on any atom is 0.115 e. The second kappa shape index (κ2) is 5.33. The average molecular weight is 257 g/mol. The molecule has 0 saturated carbocycles. The minimum atomic E-state index is -0.226. The first-order valence-corrected chi connectivity index (χ1v) is 6.35. The van der Waals surface area contributed by atoms with Crippen molar-refractivity contribution in [3.05, 3.63) is 59.7 Å². The van der Waals surface area contributed by atoms with Gasteiger partial charge in [-0.05, 0) is 48.4 Å². The molecule has 0 amide bonds. The maximum absolute atomic E-state index is 9.40. The molecule has 0 aliphatic heterocycles. The summed E-state index contributed by atoms with van der Waals surface area (Å²) in [6, 6.07) is 14.4. The molecule has 0 fully saturated rings. The van der Waals surface area contributed by atoms with Crippen LogP contribution in [0.2, 0.25) is 0 Å². The summed E-state index contributed by atoms with van der Waals surface area (Å²) in [4.78, 5) is 0. The van der Waals surface area contributed by atoms with E-state index in [2.05, 4.69) is 6.92 Å². The molecule has 0 aromatic heterocycles. The van der Waals surface area contributed by atoms with Crippen LogP contribution in [0.3, 0.4) is 0 Å². The standard InChI is InChI=1S/C16H19NO2/c1-16(10-11-17,12-2-6-14(18)7-3-12)13-4-8-15(19)9-5-13/h2-9,18-19H,10-11,17H2,1H3. The Balaban J connectivity index is 2.47. The van der Waals surface area contributed by atoms with Gasteiger partial charge in [0.15, 0.2) is 0 Å². The number of rotatable bonds is 4. The number of benzene rings is 2. The molecule has 0 saturated heterocycles. The molecule has 0 unspecified atom stereocenters. The van der Waals surface area contributed by atoms with Crippen LogP contribution in [-0.2, 0) is 5.41 Å². The van der Waals surface area contributed by atoms with Crippen molar-refractivity contribution in [2.45, 2.75) is 18.8 Å². The van der Waals surface area contributed by atoms with E-state index in [1.54, 1.807) is 24.3 Å². The lowest BCUT2D eigenvalue weighted by atomic mass is 9.74. The lowest BCUT2D eigenvalue weighted by molar-refractivity contribution is 0.471. The predicted octanol–water partition coefficient (Wildman–Crippen LogP) is 2.75. The van der Waals surface area contributed by atoms with Gasteiger partial charge in [0, 0.05) is 5.41 Å². The van der Waals surface area contributed by atoms with Gasteiger partial charge in [0.25, 0.3) is 0 Å².